The molecule has 0 amide bonds. The van der Waals surface area contributed by atoms with E-state index >= 15 is 0 Å². The van der Waals surface area contributed by atoms with E-state index in [0.29, 0.717) is 6.73 Å². The second kappa shape index (κ2) is 4.76. The van der Waals surface area contributed by atoms with Gasteiger partial charge < -0.3 is 4.74 Å². The summed E-state index contributed by atoms with van der Waals surface area (Å²) in [5, 5.41) is 0. The van der Waals surface area contributed by atoms with Crippen molar-refractivity contribution in [3.8, 4) is 5.75 Å². The minimum Gasteiger partial charge on any atom is -0.473 e. The van der Waals surface area contributed by atoms with Gasteiger partial charge in [-0.05, 0) is 38.1 Å². The van der Waals surface area contributed by atoms with Crippen LogP contribution in [-0.4, -0.2) is 9.55 Å². The molecule has 3 heteroatoms. The summed E-state index contributed by atoms with van der Waals surface area (Å²) in [7, 11) is 0. The smallest absolute Gasteiger partial charge is 0.166 e. The van der Waals surface area contributed by atoms with Gasteiger partial charge in [0.15, 0.2) is 6.73 Å². The molecule has 1 heterocycles. The fourth-order valence-electron chi connectivity index (χ4n) is 2.13. The minimum atomic E-state index is 0.482. The molecular weight excluding hydrogens is 236 g/mol. The second-order valence-electron chi connectivity index (χ2n) is 4.66. The Morgan fingerprint density at radius 1 is 1.00 bits per heavy atom. The number of hydrogen-bond acceptors (Lipinski definition) is 2. The van der Waals surface area contributed by atoms with E-state index in [1.165, 1.54) is 5.56 Å². The number of para-hydroxylation sites is 2. The molecule has 3 rings (SSSR count). The number of imidazole rings is 1. The fraction of sp³-hybridized carbons (Fsp3) is 0.188. The number of rotatable bonds is 3. The Kier molecular flexibility index (Phi) is 2.95. The van der Waals surface area contributed by atoms with Crippen molar-refractivity contribution in [3.63, 3.8) is 0 Å². The maximum absolute atomic E-state index is 5.82. The minimum absolute atomic E-state index is 0.482. The summed E-state index contributed by atoms with van der Waals surface area (Å²) >= 11 is 0. The molecule has 0 aliphatic rings. The Balaban J connectivity index is 1.85. The van der Waals surface area contributed by atoms with Gasteiger partial charge in [0.25, 0.3) is 0 Å². The summed E-state index contributed by atoms with van der Waals surface area (Å²) in [6.07, 6.45) is 0. The molecule has 0 saturated carbocycles. The van der Waals surface area contributed by atoms with Crippen LogP contribution in [0.3, 0.4) is 0 Å². The topological polar surface area (TPSA) is 27.1 Å². The van der Waals surface area contributed by atoms with Crippen LogP contribution in [-0.2, 0) is 6.73 Å². The van der Waals surface area contributed by atoms with Crippen molar-refractivity contribution in [3.05, 3.63) is 59.9 Å². The van der Waals surface area contributed by atoms with Gasteiger partial charge in [-0.1, -0.05) is 29.8 Å². The highest BCUT2D eigenvalue weighted by Crippen LogP contribution is 2.17. The lowest BCUT2D eigenvalue weighted by Gasteiger charge is -2.09. The first-order chi connectivity index (χ1) is 9.24. The lowest BCUT2D eigenvalue weighted by molar-refractivity contribution is 0.238. The van der Waals surface area contributed by atoms with Gasteiger partial charge in [0.2, 0.25) is 0 Å². The van der Waals surface area contributed by atoms with Gasteiger partial charge in [-0.2, -0.15) is 0 Å². The van der Waals surface area contributed by atoms with Crippen LogP contribution in [0.2, 0.25) is 0 Å². The van der Waals surface area contributed by atoms with E-state index in [4.69, 9.17) is 4.74 Å². The standard InChI is InChI=1S/C16H16N2O/c1-12-7-9-14(10-8-12)19-11-18-13(2)17-15-5-3-4-6-16(15)18/h3-10H,11H2,1-2H3. The Bertz CT molecular complexity index is 698. The maximum Gasteiger partial charge on any atom is 0.166 e. The molecule has 3 aromatic rings. The molecule has 0 atom stereocenters. The molecule has 3 nitrogen and oxygen atoms in total. The number of hydrogen-bond donors (Lipinski definition) is 0. The first-order valence-electron chi connectivity index (χ1n) is 6.35. The third-order valence-corrected chi connectivity index (χ3v) is 3.23. The molecule has 2 aromatic carbocycles. The number of ether oxygens (including phenoxy) is 1. The van der Waals surface area contributed by atoms with Crippen LogP contribution in [0, 0.1) is 13.8 Å². The number of aromatic nitrogens is 2. The van der Waals surface area contributed by atoms with Crippen molar-refractivity contribution >= 4 is 11.0 Å². The molecule has 19 heavy (non-hydrogen) atoms. The van der Waals surface area contributed by atoms with Crippen LogP contribution in [0.4, 0.5) is 0 Å². The first kappa shape index (κ1) is 11.8. The van der Waals surface area contributed by atoms with Crippen LogP contribution in [0.25, 0.3) is 11.0 Å². The molecule has 0 spiro atoms. The van der Waals surface area contributed by atoms with Crippen LogP contribution in [0.15, 0.2) is 48.5 Å². The van der Waals surface area contributed by atoms with Crippen LogP contribution in [0.1, 0.15) is 11.4 Å². The maximum atomic E-state index is 5.82. The molecule has 1 aromatic heterocycles. The predicted octanol–water partition coefficient (Wildman–Crippen LogP) is 3.69. The molecule has 0 N–H and O–H groups in total. The lowest BCUT2D eigenvalue weighted by atomic mass is 10.2. The zero-order valence-corrected chi connectivity index (χ0v) is 11.1. The van der Waals surface area contributed by atoms with E-state index in [1.54, 1.807) is 0 Å². The fourth-order valence-corrected chi connectivity index (χ4v) is 2.13. The molecule has 0 unspecified atom stereocenters. The zero-order chi connectivity index (χ0) is 13.2. The summed E-state index contributed by atoms with van der Waals surface area (Å²) < 4.78 is 7.90. The summed E-state index contributed by atoms with van der Waals surface area (Å²) in [4.78, 5) is 4.52. The van der Waals surface area contributed by atoms with Gasteiger partial charge in [0.1, 0.15) is 11.6 Å². The summed E-state index contributed by atoms with van der Waals surface area (Å²) in [6, 6.07) is 16.2. The number of aryl methyl sites for hydroxylation is 2. The zero-order valence-electron chi connectivity index (χ0n) is 11.1. The highest BCUT2D eigenvalue weighted by molar-refractivity contribution is 5.75. The van der Waals surface area contributed by atoms with Crippen molar-refractivity contribution < 1.29 is 4.74 Å². The number of benzene rings is 2. The van der Waals surface area contributed by atoms with E-state index in [0.717, 1.165) is 22.6 Å². The van der Waals surface area contributed by atoms with Gasteiger partial charge in [-0.15, -0.1) is 0 Å². The summed E-state index contributed by atoms with van der Waals surface area (Å²) in [5.41, 5.74) is 3.34. The van der Waals surface area contributed by atoms with E-state index in [2.05, 4.69) is 22.5 Å². The molecule has 0 bridgehead atoms. The third-order valence-electron chi connectivity index (χ3n) is 3.23. The van der Waals surface area contributed by atoms with Gasteiger partial charge in [0, 0.05) is 0 Å². The average molecular weight is 252 g/mol. The van der Waals surface area contributed by atoms with E-state index < -0.39 is 0 Å². The van der Waals surface area contributed by atoms with Crippen molar-refractivity contribution in [2.45, 2.75) is 20.6 Å². The Morgan fingerprint density at radius 3 is 2.53 bits per heavy atom. The molecule has 0 fully saturated rings. The quantitative estimate of drug-likeness (QED) is 0.711. The summed E-state index contributed by atoms with van der Waals surface area (Å²) in [6.45, 7) is 4.55. The van der Waals surface area contributed by atoms with Crippen molar-refractivity contribution in [1.82, 2.24) is 9.55 Å². The highest BCUT2D eigenvalue weighted by atomic mass is 16.5. The molecular formula is C16H16N2O. The third kappa shape index (κ3) is 2.32. The number of nitrogens with zero attached hydrogens (tertiary/aromatic N) is 2. The second-order valence-corrected chi connectivity index (χ2v) is 4.66. The normalized spacial score (nSPS) is 10.8. The molecule has 0 aliphatic carbocycles. The Labute approximate surface area is 112 Å². The Hall–Kier alpha value is -2.29. The first-order valence-corrected chi connectivity index (χ1v) is 6.35. The van der Waals surface area contributed by atoms with Crippen molar-refractivity contribution in [2.75, 3.05) is 0 Å². The summed E-state index contributed by atoms with van der Waals surface area (Å²) in [5.74, 6) is 1.84. The molecule has 0 aliphatic heterocycles. The van der Waals surface area contributed by atoms with E-state index in [1.807, 2.05) is 49.4 Å². The largest absolute Gasteiger partial charge is 0.473 e. The van der Waals surface area contributed by atoms with Crippen LogP contribution < -0.4 is 4.74 Å². The SMILES string of the molecule is Cc1ccc(OCn2c(C)nc3ccccc32)cc1. The van der Waals surface area contributed by atoms with Crippen molar-refractivity contribution in [2.24, 2.45) is 0 Å². The predicted molar refractivity (Wildman–Crippen MR) is 76.3 cm³/mol. The highest BCUT2D eigenvalue weighted by Gasteiger charge is 2.06. The van der Waals surface area contributed by atoms with E-state index in [-0.39, 0.29) is 0 Å². The van der Waals surface area contributed by atoms with Crippen molar-refractivity contribution in [1.29, 1.82) is 0 Å². The molecule has 0 radical (unpaired) electrons. The van der Waals surface area contributed by atoms with Gasteiger partial charge in [-0.25, -0.2) is 4.98 Å². The van der Waals surface area contributed by atoms with Gasteiger partial charge >= 0.3 is 0 Å². The monoisotopic (exact) mass is 252 g/mol. The molecule has 96 valence electrons. The number of fused-ring (bicyclic) bond motifs is 1. The van der Waals surface area contributed by atoms with Crippen LogP contribution >= 0.6 is 0 Å². The average Bonchev–Trinajstić information content (AvgIpc) is 2.74. The molecule has 0 saturated heterocycles. The van der Waals surface area contributed by atoms with E-state index in [9.17, 15) is 0 Å². The Morgan fingerprint density at radius 2 is 1.74 bits per heavy atom. The van der Waals surface area contributed by atoms with Gasteiger partial charge in [-0.3, -0.25) is 4.57 Å². The van der Waals surface area contributed by atoms with Gasteiger partial charge in [0.05, 0.1) is 11.0 Å². The lowest BCUT2D eigenvalue weighted by Crippen LogP contribution is -2.06. The van der Waals surface area contributed by atoms with Crippen LogP contribution in [0.5, 0.6) is 5.75 Å².